The smallest absolute Gasteiger partial charge is 0.270 e. The van der Waals surface area contributed by atoms with Gasteiger partial charge in [0.05, 0.1) is 15.3 Å². The molecule has 1 atom stereocenters. The maximum absolute atomic E-state index is 12.4. The summed E-state index contributed by atoms with van der Waals surface area (Å²) in [5.74, 6) is 0.558. The van der Waals surface area contributed by atoms with Gasteiger partial charge in [-0.05, 0) is 40.9 Å². The third kappa shape index (κ3) is 1.95. The third-order valence-corrected chi connectivity index (χ3v) is 5.69. The Kier molecular flexibility index (Phi) is 2.93. The molecule has 2 aromatic rings. The van der Waals surface area contributed by atoms with Gasteiger partial charge >= 0.3 is 0 Å². The molecular weight excluding hydrogens is 354 g/mol. The van der Waals surface area contributed by atoms with Gasteiger partial charge in [-0.15, -0.1) is 11.3 Å². The zero-order valence-electron chi connectivity index (χ0n) is 11.0. The van der Waals surface area contributed by atoms with Crippen molar-refractivity contribution in [3.63, 3.8) is 0 Å². The van der Waals surface area contributed by atoms with Crippen molar-refractivity contribution < 1.29 is 4.79 Å². The molecule has 0 saturated carbocycles. The molecule has 1 aliphatic heterocycles. The Bertz CT molecular complexity index is 829. The predicted octanol–water partition coefficient (Wildman–Crippen LogP) is 3.09. The van der Waals surface area contributed by atoms with Crippen molar-refractivity contribution in [1.82, 2.24) is 10.2 Å². The lowest BCUT2D eigenvalue weighted by atomic mass is 9.79. The number of carbonyl (C=O) groups excluding carboxylic acids is 1. The quantitative estimate of drug-likeness (QED) is 0.726. The highest BCUT2D eigenvalue weighted by atomic mass is 79.9. The van der Waals surface area contributed by atoms with Gasteiger partial charge in [0.1, 0.15) is 5.82 Å². The number of hydrogen-bond acceptors (Lipinski definition) is 4. The van der Waals surface area contributed by atoms with Crippen LogP contribution in [0.3, 0.4) is 0 Å². The molecule has 0 aromatic carbocycles. The number of H-pyrrole nitrogens is 2. The van der Waals surface area contributed by atoms with Gasteiger partial charge in [0.25, 0.3) is 5.56 Å². The third-order valence-electron chi connectivity index (χ3n) is 4.00. The van der Waals surface area contributed by atoms with E-state index < -0.39 is 0 Å². The highest BCUT2D eigenvalue weighted by Crippen LogP contribution is 2.45. The molecule has 108 valence electrons. The monoisotopic (exact) mass is 365 g/mol. The van der Waals surface area contributed by atoms with E-state index in [-0.39, 0.29) is 17.3 Å². The Labute approximate surface area is 132 Å². The average Bonchev–Trinajstić information content (AvgIpc) is 3.04. The van der Waals surface area contributed by atoms with Crippen LogP contribution >= 0.6 is 27.3 Å². The maximum atomic E-state index is 12.4. The van der Waals surface area contributed by atoms with Crippen LogP contribution in [-0.2, 0) is 4.79 Å². The summed E-state index contributed by atoms with van der Waals surface area (Å²) in [5.41, 5.74) is 2.15. The minimum absolute atomic E-state index is 0.143. The van der Waals surface area contributed by atoms with E-state index in [0.29, 0.717) is 17.8 Å². The topological polar surface area (TPSA) is 77.8 Å². The summed E-state index contributed by atoms with van der Waals surface area (Å²) in [6.45, 7) is 0. The Morgan fingerprint density at radius 3 is 2.81 bits per heavy atom. The van der Waals surface area contributed by atoms with E-state index in [4.69, 9.17) is 0 Å². The van der Waals surface area contributed by atoms with Crippen molar-refractivity contribution in [2.75, 3.05) is 5.32 Å². The normalized spacial score (nSPS) is 21.0. The van der Waals surface area contributed by atoms with Crippen molar-refractivity contribution in [3.8, 4) is 0 Å². The number of carbonyl (C=O) groups is 1. The molecule has 0 radical (unpaired) electrons. The number of thiophene rings is 1. The fourth-order valence-corrected chi connectivity index (χ4v) is 4.68. The van der Waals surface area contributed by atoms with Gasteiger partial charge in [-0.1, -0.05) is 0 Å². The minimum atomic E-state index is -0.268. The first-order valence-corrected chi connectivity index (χ1v) is 8.35. The fraction of sp³-hybridized carbons (Fsp3) is 0.286. The number of anilines is 1. The van der Waals surface area contributed by atoms with Crippen LogP contribution in [-0.4, -0.2) is 16.0 Å². The van der Waals surface area contributed by atoms with Crippen molar-refractivity contribution in [2.45, 2.75) is 25.2 Å². The summed E-state index contributed by atoms with van der Waals surface area (Å²) < 4.78 is 0.995. The zero-order chi connectivity index (χ0) is 14.6. The second kappa shape index (κ2) is 4.71. The molecule has 7 heteroatoms. The van der Waals surface area contributed by atoms with Gasteiger partial charge in [-0.2, -0.15) is 0 Å². The molecule has 1 aliphatic carbocycles. The number of aromatic nitrogens is 2. The predicted molar refractivity (Wildman–Crippen MR) is 84.8 cm³/mol. The van der Waals surface area contributed by atoms with Gasteiger partial charge < -0.3 is 5.32 Å². The molecule has 0 saturated heterocycles. The molecule has 0 spiro atoms. The van der Waals surface area contributed by atoms with E-state index >= 15 is 0 Å². The van der Waals surface area contributed by atoms with Crippen LogP contribution in [0.15, 0.2) is 32.0 Å². The molecule has 2 aromatic heterocycles. The summed E-state index contributed by atoms with van der Waals surface area (Å²) in [5, 5.41) is 8.72. The zero-order valence-corrected chi connectivity index (χ0v) is 13.4. The van der Waals surface area contributed by atoms with Gasteiger partial charge in [0.2, 0.25) is 0 Å². The van der Waals surface area contributed by atoms with Crippen LogP contribution < -0.4 is 10.9 Å². The average molecular weight is 366 g/mol. The van der Waals surface area contributed by atoms with Gasteiger partial charge in [-0.25, -0.2) is 0 Å². The Morgan fingerprint density at radius 2 is 2.05 bits per heavy atom. The summed E-state index contributed by atoms with van der Waals surface area (Å²) in [6, 6.07) is 3.93. The van der Waals surface area contributed by atoms with Crippen molar-refractivity contribution in [2.24, 2.45) is 0 Å². The number of ketones is 1. The van der Waals surface area contributed by atoms with E-state index in [1.165, 1.54) is 0 Å². The largest absolute Gasteiger partial charge is 0.343 e. The molecule has 0 unspecified atom stereocenters. The van der Waals surface area contributed by atoms with Crippen LogP contribution in [0.25, 0.3) is 0 Å². The van der Waals surface area contributed by atoms with Gasteiger partial charge in [-0.3, -0.25) is 19.8 Å². The molecule has 5 nitrogen and oxygen atoms in total. The van der Waals surface area contributed by atoms with Crippen LogP contribution in [0.1, 0.15) is 35.6 Å². The first-order valence-electron chi connectivity index (χ1n) is 6.74. The first-order chi connectivity index (χ1) is 10.1. The second-order valence-electron chi connectivity index (χ2n) is 5.24. The van der Waals surface area contributed by atoms with Crippen LogP contribution in [0, 0.1) is 0 Å². The number of nitrogens with one attached hydrogen (secondary N) is 3. The van der Waals surface area contributed by atoms with Gasteiger partial charge in [0, 0.05) is 22.6 Å². The highest BCUT2D eigenvalue weighted by Gasteiger charge is 2.38. The molecule has 21 heavy (non-hydrogen) atoms. The van der Waals surface area contributed by atoms with Crippen molar-refractivity contribution in [3.05, 3.63) is 48.0 Å². The number of halogens is 1. The molecule has 2 aliphatic rings. The summed E-state index contributed by atoms with van der Waals surface area (Å²) in [6.07, 6.45) is 2.26. The number of hydrogen-bond donors (Lipinski definition) is 3. The molecule has 0 bridgehead atoms. The molecule has 0 amide bonds. The van der Waals surface area contributed by atoms with E-state index in [2.05, 4.69) is 31.4 Å². The number of rotatable bonds is 1. The number of allylic oxidation sites excluding steroid dienone is 2. The Balaban J connectivity index is 1.98. The Morgan fingerprint density at radius 1 is 1.19 bits per heavy atom. The number of Topliss-reactive ketones (excluding diaryl/α,β-unsaturated/α-hetero) is 1. The molecule has 4 rings (SSSR count). The van der Waals surface area contributed by atoms with Gasteiger partial charge in [0.15, 0.2) is 5.78 Å². The second-order valence-corrected chi connectivity index (χ2v) is 7.73. The lowest BCUT2D eigenvalue weighted by Gasteiger charge is -2.30. The maximum Gasteiger partial charge on any atom is 0.270 e. The number of aromatic amines is 2. The van der Waals surface area contributed by atoms with E-state index in [1.54, 1.807) is 11.3 Å². The van der Waals surface area contributed by atoms with E-state index in [0.717, 1.165) is 32.8 Å². The first kappa shape index (κ1) is 13.1. The SMILES string of the molecule is O=C1CCCC2=C1[C@@H](c1ccc(Br)s1)c1c([nH][nH]c1=O)N2. The molecule has 3 N–H and O–H groups in total. The lowest BCUT2D eigenvalue weighted by molar-refractivity contribution is -0.116. The van der Waals surface area contributed by atoms with Crippen molar-refractivity contribution >= 4 is 38.9 Å². The summed E-state index contributed by atoms with van der Waals surface area (Å²) >= 11 is 5.02. The van der Waals surface area contributed by atoms with Crippen LogP contribution in [0.5, 0.6) is 0 Å². The van der Waals surface area contributed by atoms with Crippen molar-refractivity contribution in [1.29, 1.82) is 0 Å². The molecular formula is C14H12BrN3O2S. The van der Waals surface area contributed by atoms with E-state index in [9.17, 15) is 9.59 Å². The molecule has 0 fully saturated rings. The Hall–Kier alpha value is -1.60. The molecule has 3 heterocycles. The number of fused-ring (bicyclic) bond motifs is 1. The summed E-state index contributed by atoms with van der Waals surface area (Å²) in [4.78, 5) is 25.6. The lowest BCUT2D eigenvalue weighted by Crippen LogP contribution is -2.28. The minimum Gasteiger partial charge on any atom is -0.343 e. The van der Waals surface area contributed by atoms with E-state index in [1.807, 2.05) is 12.1 Å². The van der Waals surface area contributed by atoms with Crippen LogP contribution in [0.4, 0.5) is 5.82 Å². The summed E-state index contributed by atoms with van der Waals surface area (Å²) in [7, 11) is 0. The fourth-order valence-electron chi connectivity index (χ4n) is 3.13. The highest BCUT2D eigenvalue weighted by molar-refractivity contribution is 9.11. The standard InChI is InChI=1S/C14H12BrN3O2S/c15-9-5-4-8(21-9)11-10-6(2-1-3-7(10)19)16-13-12(11)14(20)18-17-13/h4-5,11H,1-3H2,(H3,16,17,18,20)/t11-/m1/s1. The van der Waals surface area contributed by atoms with Crippen LogP contribution in [0.2, 0.25) is 0 Å².